The molecule has 34 heavy (non-hydrogen) atoms. The van der Waals surface area contributed by atoms with Gasteiger partial charge in [0.15, 0.2) is 0 Å². The van der Waals surface area contributed by atoms with Gasteiger partial charge in [-0.1, -0.05) is 97.1 Å². The van der Waals surface area contributed by atoms with Crippen molar-refractivity contribution in [3.8, 4) is 0 Å². The van der Waals surface area contributed by atoms with Crippen LogP contribution in [-0.2, 0) is 6.54 Å². The molecule has 0 N–H and O–H groups in total. The van der Waals surface area contributed by atoms with Crippen LogP contribution in [0.2, 0.25) is 0 Å². The number of hydrogen-bond acceptors (Lipinski definition) is 1. The number of fused-ring (bicyclic) bond motifs is 8. The first-order valence-corrected chi connectivity index (χ1v) is 11.6. The smallest absolute Gasteiger partial charge is 0.259 e. The van der Waals surface area contributed by atoms with Crippen molar-refractivity contribution in [1.29, 1.82) is 0 Å². The quantitative estimate of drug-likeness (QED) is 0.256. The first kappa shape index (κ1) is 19.1. The molecule has 0 unspecified atom stereocenters. The fourth-order valence-corrected chi connectivity index (χ4v) is 5.51. The molecule has 0 atom stereocenters. The lowest BCUT2D eigenvalue weighted by atomic mass is 9.93. The van der Waals surface area contributed by atoms with E-state index in [-0.39, 0.29) is 5.56 Å². The second-order valence-electron chi connectivity index (χ2n) is 8.92. The van der Waals surface area contributed by atoms with E-state index < -0.39 is 0 Å². The molecule has 0 radical (unpaired) electrons. The van der Waals surface area contributed by atoms with E-state index >= 15 is 0 Å². The van der Waals surface area contributed by atoms with Crippen molar-refractivity contribution in [3.05, 3.63) is 131 Å². The van der Waals surface area contributed by atoms with Crippen molar-refractivity contribution in [1.82, 2.24) is 4.57 Å². The molecule has 0 aliphatic carbocycles. The average Bonchev–Trinajstić information content (AvgIpc) is 2.90. The van der Waals surface area contributed by atoms with Crippen molar-refractivity contribution < 1.29 is 0 Å². The Morgan fingerprint density at radius 3 is 1.91 bits per heavy atom. The molecule has 0 aliphatic rings. The molecule has 2 nitrogen and oxygen atoms in total. The van der Waals surface area contributed by atoms with Crippen LogP contribution in [0.3, 0.4) is 0 Å². The molecule has 0 aliphatic heterocycles. The summed E-state index contributed by atoms with van der Waals surface area (Å²) in [5.41, 5.74) is 2.17. The zero-order valence-corrected chi connectivity index (χ0v) is 18.5. The summed E-state index contributed by atoms with van der Waals surface area (Å²) in [6, 6.07) is 39.9. The fraction of sp³-hybridized carbons (Fsp3) is 0.0312. The van der Waals surface area contributed by atoms with Crippen LogP contribution in [0.5, 0.6) is 0 Å². The van der Waals surface area contributed by atoms with Crippen molar-refractivity contribution >= 4 is 54.0 Å². The summed E-state index contributed by atoms with van der Waals surface area (Å²) in [5, 5.41) is 10.3. The van der Waals surface area contributed by atoms with Crippen molar-refractivity contribution in [2.45, 2.75) is 6.54 Å². The Hall–Kier alpha value is -4.43. The van der Waals surface area contributed by atoms with Crippen LogP contribution in [-0.4, -0.2) is 4.57 Å². The molecular formula is C32H21NO. The number of aromatic nitrogens is 1. The maximum absolute atomic E-state index is 13.7. The summed E-state index contributed by atoms with van der Waals surface area (Å²) in [5.74, 6) is 0. The fourth-order valence-electron chi connectivity index (χ4n) is 5.51. The lowest BCUT2D eigenvalue weighted by Crippen LogP contribution is -2.21. The zero-order chi connectivity index (χ0) is 22.6. The minimum atomic E-state index is 0.0528. The van der Waals surface area contributed by atoms with E-state index in [0.717, 1.165) is 27.2 Å². The minimum absolute atomic E-state index is 0.0528. The Bertz CT molecular complexity index is 1960. The summed E-state index contributed by atoms with van der Waals surface area (Å²) >= 11 is 0. The van der Waals surface area contributed by atoms with Gasteiger partial charge in [-0.15, -0.1) is 0 Å². The summed E-state index contributed by atoms with van der Waals surface area (Å²) in [6.45, 7) is 0.521. The normalized spacial score (nSPS) is 11.8. The van der Waals surface area contributed by atoms with Gasteiger partial charge in [0.25, 0.3) is 5.56 Å². The molecule has 0 saturated carbocycles. The highest BCUT2D eigenvalue weighted by molar-refractivity contribution is 6.21. The molecule has 1 heterocycles. The lowest BCUT2D eigenvalue weighted by molar-refractivity contribution is 0.809. The van der Waals surface area contributed by atoms with Gasteiger partial charge in [-0.3, -0.25) is 4.79 Å². The summed E-state index contributed by atoms with van der Waals surface area (Å²) in [6.07, 6.45) is 0. The molecule has 1 aromatic heterocycles. The zero-order valence-electron chi connectivity index (χ0n) is 18.5. The van der Waals surface area contributed by atoms with E-state index in [1.54, 1.807) is 0 Å². The van der Waals surface area contributed by atoms with Crippen LogP contribution in [0.4, 0.5) is 0 Å². The highest BCUT2D eigenvalue weighted by atomic mass is 16.1. The third-order valence-electron chi connectivity index (χ3n) is 7.05. The van der Waals surface area contributed by atoms with Gasteiger partial charge in [-0.2, -0.15) is 0 Å². The van der Waals surface area contributed by atoms with Gasteiger partial charge in [0, 0.05) is 10.8 Å². The predicted octanol–water partition coefficient (Wildman–Crippen LogP) is 7.66. The van der Waals surface area contributed by atoms with Crippen LogP contribution < -0.4 is 5.56 Å². The Balaban J connectivity index is 1.56. The van der Waals surface area contributed by atoms with Crippen LogP contribution in [0.25, 0.3) is 54.0 Å². The SMILES string of the molecule is O=c1c2ccccc2c2ccccc2n1Cc1cc2ccc3ccccc3c2c2ccccc12. The molecule has 2 heteroatoms. The van der Waals surface area contributed by atoms with Crippen molar-refractivity contribution in [3.63, 3.8) is 0 Å². The predicted molar refractivity (Wildman–Crippen MR) is 144 cm³/mol. The molecule has 0 amide bonds. The van der Waals surface area contributed by atoms with E-state index in [1.165, 1.54) is 32.3 Å². The lowest BCUT2D eigenvalue weighted by Gasteiger charge is -2.16. The van der Waals surface area contributed by atoms with Crippen LogP contribution >= 0.6 is 0 Å². The minimum Gasteiger partial charge on any atom is -0.303 e. The second kappa shape index (κ2) is 7.29. The highest BCUT2D eigenvalue weighted by Gasteiger charge is 2.14. The molecule has 6 aromatic carbocycles. The van der Waals surface area contributed by atoms with Gasteiger partial charge in [-0.05, 0) is 61.5 Å². The number of nitrogens with zero attached hydrogens (tertiary/aromatic N) is 1. The second-order valence-corrected chi connectivity index (χ2v) is 8.92. The van der Waals surface area contributed by atoms with E-state index in [1.807, 2.05) is 41.0 Å². The van der Waals surface area contributed by atoms with E-state index in [9.17, 15) is 4.79 Å². The molecule has 0 spiro atoms. The van der Waals surface area contributed by atoms with Gasteiger partial charge in [0.2, 0.25) is 0 Å². The summed E-state index contributed by atoms with van der Waals surface area (Å²) in [4.78, 5) is 13.7. The van der Waals surface area contributed by atoms with Crippen LogP contribution in [0, 0.1) is 0 Å². The third-order valence-corrected chi connectivity index (χ3v) is 7.05. The van der Waals surface area contributed by atoms with E-state index in [0.29, 0.717) is 6.54 Å². The summed E-state index contributed by atoms with van der Waals surface area (Å²) in [7, 11) is 0. The molecule has 7 rings (SSSR count). The molecular weight excluding hydrogens is 414 g/mol. The average molecular weight is 436 g/mol. The first-order valence-electron chi connectivity index (χ1n) is 11.6. The Kier molecular flexibility index (Phi) is 4.09. The van der Waals surface area contributed by atoms with E-state index in [2.05, 4.69) is 78.9 Å². The first-order chi connectivity index (χ1) is 16.8. The third kappa shape index (κ3) is 2.72. The Labute approximate surface area is 196 Å². The molecule has 160 valence electrons. The topological polar surface area (TPSA) is 22.0 Å². The van der Waals surface area contributed by atoms with Gasteiger partial charge in [0.05, 0.1) is 12.1 Å². The van der Waals surface area contributed by atoms with Crippen LogP contribution in [0.1, 0.15) is 5.56 Å². The maximum Gasteiger partial charge on any atom is 0.259 e. The molecule has 0 fully saturated rings. The van der Waals surface area contributed by atoms with Crippen molar-refractivity contribution in [2.75, 3.05) is 0 Å². The number of hydrogen-bond donors (Lipinski definition) is 0. The number of rotatable bonds is 2. The summed E-state index contributed by atoms with van der Waals surface area (Å²) < 4.78 is 1.94. The maximum atomic E-state index is 13.7. The highest BCUT2D eigenvalue weighted by Crippen LogP contribution is 2.35. The molecule has 0 bridgehead atoms. The van der Waals surface area contributed by atoms with Gasteiger partial charge in [0.1, 0.15) is 0 Å². The van der Waals surface area contributed by atoms with Gasteiger partial charge < -0.3 is 4.57 Å². The van der Waals surface area contributed by atoms with Gasteiger partial charge in [-0.25, -0.2) is 0 Å². The van der Waals surface area contributed by atoms with Crippen molar-refractivity contribution in [2.24, 2.45) is 0 Å². The molecule has 7 aromatic rings. The van der Waals surface area contributed by atoms with E-state index in [4.69, 9.17) is 0 Å². The number of para-hydroxylation sites is 1. The molecule has 0 saturated heterocycles. The standard InChI is InChI=1S/C32H21NO/c34-32-29-15-6-4-12-26(29)27-13-7-8-16-30(27)33(32)20-23-19-22-18-17-21-9-1-2-11-25(21)31(22)28-14-5-3-10-24(23)28/h1-19H,20H2. The van der Waals surface area contributed by atoms with Gasteiger partial charge >= 0.3 is 0 Å². The Morgan fingerprint density at radius 1 is 0.500 bits per heavy atom. The number of pyridine rings is 1. The van der Waals surface area contributed by atoms with Crippen LogP contribution in [0.15, 0.2) is 120 Å². The monoisotopic (exact) mass is 435 g/mol. The largest absolute Gasteiger partial charge is 0.303 e. The Morgan fingerprint density at radius 2 is 1.09 bits per heavy atom. The number of benzene rings is 6.